The summed E-state index contributed by atoms with van der Waals surface area (Å²) < 4.78 is 6.00. The van der Waals surface area contributed by atoms with Gasteiger partial charge in [0.15, 0.2) is 0 Å². The highest BCUT2D eigenvalue weighted by Crippen LogP contribution is 2.33. The minimum absolute atomic E-state index is 0.301. The quantitative estimate of drug-likeness (QED) is 0.422. The molecule has 1 unspecified atom stereocenters. The van der Waals surface area contributed by atoms with E-state index < -0.39 is 0 Å². The van der Waals surface area contributed by atoms with Gasteiger partial charge in [-0.05, 0) is 38.5 Å². The monoisotopic (exact) mass is 390 g/mol. The van der Waals surface area contributed by atoms with Gasteiger partial charge in [0, 0.05) is 28.6 Å². The Labute approximate surface area is 173 Å². The topological polar surface area (TPSA) is 87.9 Å². The SMILES string of the molecule is CC.CC1=C\CC(C)(c2cnc(Nc3ccc(N)c(C=N)c3)o2)/C=C/C=C/C=C\1. The van der Waals surface area contributed by atoms with E-state index in [0.29, 0.717) is 17.3 Å². The summed E-state index contributed by atoms with van der Waals surface area (Å²) in [6.07, 6.45) is 18.3. The molecule has 0 saturated heterocycles. The number of hydrogen-bond donors (Lipinski definition) is 3. The van der Waals surface area contributed by atoms with E-state index >= 15 is 0 Å². The fraction of sp³-hybridized carbons (Fsp3) is 0.250. The van der Waals surface area contributed by atoms with E-state index in [1.807, 2.05) is 44.2 Å². The lowest BCUT2D eigenvalue weighted by molar-refractivity contribution is 0.427. The molecule has 5 nitrogen and oxygen atoms in total. The molecule has 0 bridgehead atoms. The van der Waals surface area contributed by atoms with Crippen LogP contribution in [0.25, 0.3) is 0 Å². The van der Waals surface area contributed by atoms with Crippen molar-refractivity contribution >= 4 is 23.6 Å². The summed E-state index contributed by atoms with van der Waals surface area (Å²) in [7, 11) is 0. The molecule has 0 fully saturated rings. The maximum absolute atomic E-state index is 7.42. The molecular formula is C24H30N4O. The molecule has 1 aromatic carbocycles. The molecule has 29 heavy (non-hydrogen) atoms. The number of anilines is 3. The summed E-state index contributed by atoms with van der Waals surface area (Å²) in [5.74, 6) is 0.783. The van der Waals surface area contributed by atoms with Crippen LogP contribution in [0.3, 0.4) is 0 Å². The van der Waals surface area contributed by atoms with Gasteiger partial charge in [-0.1, -0.05) is 62.0 Å². The Morgan fingerprint density at radius 2 is 1.97 bits per heavy atom. The highest BCUT2D eigenvalue weighted by molar-refractivity contribution is 5.86. The molecule has 0 aliphatic heterocycles. The molecule has 0 spiro atoms. The minimum atomic E-state index is -0.301. The van der Waals surface area contributed by atoms with Crippen molar-refractivity contribution in [2.75, 3.05) is 11.1 Å². The number of aromatic nitrogens is 1. The van der Waals surface area contributed by atoms with Crippen LogP contribution in [0.15, 0.2) is 76.9 Å². The number of hydrogen-bond acceptors (Lipinski definition) is 5. The normalized spacial score (nSPS) is 23.5. The molecule has 1 aliphatic carbocycles. The summed E-state index contributed by atoms with van der Waals surface area (Å²) >= 11 is 0. The van der Waals surface area contributed by atoms with E-state index in [1.54, 1.807) is 18.3 Å². The first-order chi connectivity index (χ1) is 14.0. The van der Waals surface area contributed by atoms with E-state index in [-0.39, 0.29) is 5.41 Å². The lowest BCUT2D eigenvalue weighted by atomic mass is 9.83. The van der Waals surface area contributed by atoms with Crippen LogP contribution >= 0.6 is 0 Å². The number of nitrogen functional groups attached to an aromatic ring is 1. The Morgan fingerprint density at radius 3 is 2.72 bits per heavy atom. The predicted molar refractivity (Wildman–Crippen MR) is 123 cm³/mol. The van der Waals surface area contributed by atoms with Crippen LogP contribution < -0.4 is 11.1 Å². The highest BCUT2D eigenvalue weighted by atomic mass is 16.4. The maximum atomic E-state index is 7.42. The smallest absolute Gasteiger partial charge is 0.299 e. The zero-order valence-corrected chi connectivity index (χ0v) is 17.6. The Hall–Kier alpha value is -3.34. The average Bonchev–Trinajstić information content (AvgIpc) is 3.21. The molecule has 5 heteroatoms. The lowest BCUT2D eigenvalue weighted by Gasteiger charge is -2.21. The zero-order chi connectivity index (χ0) is 21.3. The molecule has 0 amide bonds. The molecule has 1 heterocycles. The van der Waals surface area contributed by atoms with Crippen molar-refractivity contribution in [3.8, 4) is 0 Å². The summed E-state index contributed by atoms with van der Waals surface area (Å²) in [6.45, 7) is 8.22. The number of nitrogens with two attached hydrogens (primary N) is 1. The van der Waals surface area contributed by atoms with Crippen LogP contribution in [0.5, 0.6) is 0 Å². The molecule has 2 aromatic rings. The van der Waals surface area contributed by atoms with Crippen LogP contribution in [0.2, 0.25) is 0 Å². The number of nitrogens with one attached hydrogen (secondary N) is 2. The number of oxazole rings is 1. The van der Waals surface area contributed by atoms with E-state index in [2.05, 4.69) is 42.4 Å². The van der Waals surface area contributed by atoms with Crippen LogP contribution in [-0.2, 0) is 5.41 Å². The molecule has 4 N–H and O–H groups in total. The summed E-state index contributed by atoms with van der Waals surface area (Å²) in [5.41, 5.74) is 8.72. The number of rotatable bonds is 4. The van der Waals surface area contributed by atoms with E-state index in [1.165, 1.54) is 11.8 Å². The van der Waals surface area contributed by atoms with Gasteiger partial charge >= 0.3 is 0 Å². The van der Waals surface area contributed by atoms with Crippen LogP contribution in [0, 0.1) is 5.41 Å². The second kappa shape index (κ2) is 10.3. The van der Waals surface area contributed by atoms with E-state index in [4.69, 9.17) is 15.6 Å². The van der Waals surface area contributed by atoms with Crippen molar-refractivity contribution in [1.82, 2.24) is 4.98 Å². The van der Waals surface area contributed by atoms with Crippen molar-refractivity contribution < 1.29 is 4.42 Å². The fourth-order valence-corrected chi connectivity index (χ4v) is 2.79. The van der Waals surface area contributed by atoms with Gasteiger partial charge in [-0.25, -0.2) is 4.98 Å². The predicted octanol–water partition coefficient (Wildman–Crippen LogP) is 6.30. The first-order valence-electron chi connectivity index (χ1n) is 9.83. The van der Waals surface area contributed by atoms with Crippen LogP contribution in [-0.4, -0.2) is 11.2 Å². The Bertz CT molecular complexity index is 950. The average molecular weight is 391 g/mol. The van der Waals surface area contributed by atoms with Gasteiger partial charge in [-0.2, -0.15) is 0 Å². The van der Waals surface area contributed by atoms with Gasteiger partial charge in [0.05, 0.1) is 6.20 Å². The third-order valence-corrected chi connectivity index (χ3v) is 4.57. The van der Waals surface area contributed by atoms with E-state index in [0.717, 1.165) is 17.9 Å². The Balaban J connectivity index is 0.00000145. The second-order valence-electron chi connectivity index (χ2n) is 6.82. The van der Waals surface area contributed by atoms with Gasteiger partial charge in [-0.3, -0.25) is 0 Å². The standard InChI is InChI=1S/C22H24N4O.C2H6/c1-16-7-5-3-4-6-11-22(2,12-10-16)20-15-25-21(27-20)26-18-8-9-19(24)17(13-18)14-23;1-2/h3-11,13-15,23H,12,24H2,1-2H3,(H,25,26);1-2H3/b4-3+,7-5-,11-6+,16-10+,23-14?;. The second-order valence-corrected chi connectivity index (χ2v) is 6.82. The van der Waals surface area contributed by atoms with Crippen molar-refractivity contribution in [1.29, 1.82) is 5.41 Å². The Morgan fingerprint density at radius 1 is 1.21 bits per heavy atom. The largest absolute Gasteiger partial charge is 0.428 e. The van der Waals surface area contributed by atoms with Crippen molar-refractivity contribution in [3.63, 3.8) is 0 Å². The van der Waals surface area contributed by atoms with Gasteiger partial charge in [-0.15, -0.1) is 0 Å². The highest BCUT2D eigenvalue weighted by Gasteiger charge is 2.27. The number of allylic oxidation sites excluding steroid dienone is 8. The molecule has 152 valence electrons. The summed E-state index contributed by atoms with van der Waals surface area (Å²) in [6, 6.07) is 5.79. The Kier molecular flexibility index (Phi) is 7.78. The molecule has 0 saturated carbocycles. The van der Waals surface area contributed by atoms with E-state index in [9.17, 15) is 0 Å². The minimum Gasteiger partial charge on any atom is -0.428 e. The number of nitrogens with zero attached hydrogens (tertiary/aromatic N) is 1. The maximum Gasteiger partial charge on any atom is 0.299 e. The third kappa shape index (κ3) is 5.82. The number of benzene rings is 1. The van der Waals surface area contributed by atoms with Gasteiger partial charge in [0.25, 0.3) is 6.01 Å². The fourth-order valence-electron chi connectivity index (χ4n) is 2.79. The third-order valence-electron chi connectivity index (χ3n) is 4.57. The summed E-state index contributed by atoms with van der Waals surface area (Å²) in [5, 5.41) is 10.6. The van der Waals surface area contributed by atoms with Crippen molar-refractivity contribution in [3.05, 3.63) is 83.8 Å². The van der Waals surface area contributed by atoms with Crippen molar-refractivity contribution in [2.45, 2.75) is 39.5 Å². The van der Waals surface area contributed by atoms with Crippen LogP contribution in [0.4, 0.5) is 17.4 Å². The lowest BCUT2D eigenvalue weighted by Crippen LogP contribution is -2.17. The molecule has 3 rings (SSSR count). The van der Waals surface area contributed by atoms with Gasteiger partial charge in [0.2, 0.25) is 0 Å². The molecule has 1 aromatic heterocycles. The van der Waals surface area contributed by atoms with Crippen molar-refractivity contribution in [2.24, 2.45) is 0 Å². The molecule has 1 atom stereocenters. The first kappa shape index (κ1) is 22.0. The van der Waals surface area contributed by atoms with Gasteiger partial charge < -0.3 is 20.9 Å². The molecule has 0 radical (unpaired) electrons. The molecule has 1 aliphatic rings. The first-order valence-corrected chi connectivity index (χ1v) is 9.83. The van der Waals surface area contributed by atoms with Gasteiger partial charge in [0.1, 0.15) is 5.76 Å². The molecular weight excluding hydrogens is 360 g/mol. The summed E-state index contributed by atoms with van der Waals surface area (Å²) in [4.78, 5) is 4.37. The zero-order valence-electron chi connectivity index (χ0n) is 17.6. The van der Waals surface area contributed by atoms with Crippen LogP contribution in [0.1, 0.15) is 45.4 Å².